The number of nitrogens with zero attached hydrogens (tertiary/aromatic N) is 3. The molecule has 0 saturated carbocycles. The highest BCUT2D eigenvalue weighted by atomic mass is 15.1. The van der Waals surface area contributed by atoms with Gasteiger partial charge >= 0.3 is 0 Å². The Hall–Kier alpha value is -0.870. The lowest BCUT2D eigenvalue weighted by molar-refractivity contribution is 0.356. The Bertz CT molecular complexity index is 293. The fourth-order valence-corrected chi connectivity index (χ4v) is 1.79. The molecule has 0 aromatic carbocycles. The van der Waals surface area contributed by atoms with Crippen LogP contribution in [0.4, 0.5) is 0 Å². The lowest BCUT2D eigenvalue weighted by Gasteiger charge is -2.18. The lowest BCUT2D eigenvalue weighted by Crippen LogP contribution is -2.30. The largest absolute Gasteiger partial charge is 0.338 e. The molecule has 0 fully saturated rings. The van der Waals surface area contributed by atoms with Gasteiger partial charge in [0, 0.05) is 31.9 Å². The van der Waals surface area contributed by atoms with Crippen molar-refractivity contribution in [2.24, 2.45) is 7.05 Å². The zero-order valence-electron chi connectivity index (χ0n) is 10.9. The molecule has 1 rings (SSSR count). The first-order valence-electron chi connectivity index (χ1n) is 5.91. The van der Waals surface area contributed by atoms with Gasteiger partial charge in [0.05, 0.1) is 0 Å². The number of aryl methyl sites for hydroxylation is 2. The molecule has 1 atom stereocenters. The van der Waals surface area contributed by atoms with Crippen LogP contribution in [-0.2, 0) is 13.5 Å². The Balaban J connectivity index is 2.31. The molecule has 0 saturated heterocycles. The predicted molar refractivity (Wildman–Crippen MR) is 67.5 cm³/mol. The molecule has 0 amide bonds. The van der Waals surface area contributed by atoms with Crippen molar-refractivity contribution in [1.29, 1.82) is 0 Å². The van der Waals surface area contributed by atoms with Crippen molar-refractivity contribution in [3.05, 3.63) is 18.2 Å². The van der Waals surface area contributed by atoms with E-state index < -0.39 is 0 Å². The first kappa shape index (κ1) is 13.2. The topological polar surface area (TPSA) is 33.1 Å². The Kier molecular flexibility index (Phi) is 5.49. The van der Waals surface area contributed by atoms with Crippen LogP contribution in [0.5, 0.6) is 0 Å². The van der Waals surface area contributed by atoms with Crippen LogP contribution >= 0.6 is 0 Å². The second-order valence-corrected chi connectivity index (χ2v) is 4.57. The highest BCUT2D eigenvalue weighted by Gasteiger charge is 2.08. The van der Waals surface area contributed by atoms with Crippen LogP contribution in [-0.4, -0.2) is 48.2 Å². The first-order chi connectivity index (χ1) is 7.63. The van der Waals surface area contributed by atoms with Gasteiger partial charge in [0.2, 0.25) is 0 Å². The molecule has 92 valence electrons. The normalized spacial score (nSPS) is 13.3. The molecule has 0 spiro atoms. The standard InChI is InChI=1S/C12H24N4/c1-13-11(7-9-15(2)3)5-6-12-14-8-10-16(12)4/h8,10-11,13H,5-7,9H2,1-4H3. The van der Waals surface area contributed by atoms with Crippen LogP contribution in [0.25, 0.3) is 0 Å². The first-order valence-corrected chi connectivity index (χ1v) is 5.91. The molecule has 4 nitrogen and oxygen atoms in total. The van der Waals surface area contributed by atoms with E-state index >= 15 is 0 Å². The van der Waals surface area contributed by atoms with E-state index in [0.29, 0.717) is 6.04 Å². The summed E-state index contributed by atoms with van der Waals surface area (Å²) in [7, 11) is 8.33. The third kappa shape index (κ3) is 4.33. The van der Waals surface area contributed by atoms with Crippen LogP contribution in [0, 0.1) is 0 Å². The molecule has 0 aliphatic rings. The van der Waals surface area contributed by atoms with Crippen molar-refractivity contribution in [1.82, 2.24) is 19.8 Å². The van der Waals surface area contributed by atoms with Gasteiger partial charge in [0.15, 0.2) is 0 Å². The zero-order valence-corrected chi connectivity index (χ0v) is 10.9. The molecule has 0 aliphatic heterocycles. The molecule has 0 radical (unpaired) electrons. The minimum absolute atomic E-state index is 0.583. The summed E-state index contributed by atoms with van der Waals surface area (Å²) in [4.78, 5) is 6.57. The maximum atomic E-state index is 4.34. The second-order valence-electron chi connectivity index (χ2n) is 4.57. The molecular formula is C12H24N4. The van der Waals surface area contributed by atoms with E-state index in [1.54, 1.807) is 0 Å². The number of imidazole rings is 1. The molecule has 1 unspecified atom stereocenters. The third-order valence-corrected chi connectivity index (χ3v) is 2.97. The van der Waals surface area contributed by atoms with Gasteiger partial charge in [-0.25, -0.2) is 4.98 Å². The summed E-state index contributed by atoms with van der Waals surface area (Å²) in [5.74, 6) is 1.17. The van der Waals surface area contributed by atoms with Gasteiger partial charge in [0.25, 0.3) is 0 Å². The van der Waals surface area contributed by atoms with E-state index in [-0.39, 0.29) is 0 Å². The average Bonchev–Trinajstić information content (AvgIpc) is 2.64. The quantitative estimate of drug-likeness (QED) is 0.747. The second kappa shape index (κ2) is 6.66. The van der Waals surface area contributed by atoms with Crippen LogP contribution in [0.2, 0.25) is 0 Å². The van der Waals surface area contributed by atoms with E-state index in [2.05, 4.69) is 40.9 Å². The molecule has 1 aromatic rings. The minimum atomic E-state index is 0.583. The predicted octanol–water partition coefficient (Wildman–Crippen LogP) is 0.892. The smallest absolute Gasteiger partial charge is 0.108 e. The van der Waals surface area contributed by atoms with Crippen molar-refractivity contribution in [3.8, 4) is 0 Å². The fraction of sp³-hybridized carbons (Fsp3) is 0.750. The highest BCUT2D eigenvalue weighted by molar-refractivity contribution is 4.92. The van der Waals surface area contributed by atoms with E-state index in [4.69, 9.17) is 0 Å². The van der Waals surface area contributed by atoms with Crippen LogP contribution in [0.15, 0.2) is 12.4 Å². The van der Waals surface area contributed by atoms with Crippen molar-refractivity contribution in [3.63, 3.8) is 0 Å². The maximum Gasteiger partial charge on any atom is 0.108 e. The Morgan fingerprint density at radius 1 is 1.44 bits per heavy atom. The number of hydrogen-bond donors (Lipinski definition) is 1. The van der Waals surface area contributed by atoms with Gasteiger partial charge < -0.3 is 14.8 Å². The summed E-state index contributed by atoms with van der Waals surface area (Å²) in [5.41, 5.74) is 0. The molecule has 1 aromatic heterocycles. The van der Waals surface area contributed by atoms with Crippen molar-refractivity contribution in [2.45, 2.75) is 25.3 Å². The summed E-state index contributed by atoms with van der Waals surface area (Å²) >= 11 is 0. The van der Waals surface area contributed by atoms with Crippen LogP contribution in [0.3, 0.4) is 0 Å². The Labute approximate surface area is 98.7 Å². The molecule has 4 heteroatoms. The summed E-state index contributed by atoms with van der Waals surface area (Å²) in [6.07, 6.45) is 7.25. The maximum absolute atomic E-state index is 4.34. The Morgan fingerprint density at radius 3 is 2.69 bits per heavy atom. The number of nitrogens with one attached hydrogen (secondary N) is 1. The third-order valence-electron chi connectivity index (χ3n) is 2.97. The number of aromatic nitrogens is 2. The average molecular weight is 224 g/mol. The van der Waals surface area contributed by atoms with Crippen molar-refractivity contribution in [2.75, 3.05) is 27.7 Å². The van der Waals surface area contributed by atoms with E-state index in [1.807, 2.05) is 19.4 Å². The fourth-order valence-electron chi connectivity index (χ4n) is 1.79. The van der Waals surface area contributed by atoms with Crippen molar-refractivity contribution >= 4 is 0 Å². The summed E-state index contributed by atoms with van der Waals surface area (Å²) < 4.78 is 2.10. The zero-order chi connectivity index (χ0) is 12.0. The van der Waals surface area contributed by atoms with Gasteiger partial charge in [-0.15, -0.1) is 0 Å². The van der Waals surface area contributed by atoms with Gasteiger partial charge in [-0.05, 0) is 40.5 Å². The molecule has 0 bridgehead atoms. The summed E-state index contributed by atoms with van der Waals surface area (Å²) in [6, 6.07) is 0.583. The number of rotatable bonds is 7. The van der Waals surface area contributed by atoms with Crippen LogP contribution < -0.4 is 5.32 Å². The van der Waals surface area contributed by atoms with Crippen molar-refractivity contribution < 1.29 is 0 Å². The number of hydrogen-bond acceptors (Lipinski definition) is 3. The SMILES string of the molecule is CNC(CCc1nccn1C)CCN(C)C. The van der Waals surface area contributed by atoms with Gasteiger partial charge in [-0.1, -0.05) is 0 Å². The highest BCUT2D eigenvalue weighted by Crippen LogP contribution is 2.05. The molecule has 1 heterocycles. The van der Waals surface area contributed by atoms with Crippen LogP contribution in [0.1, 0.15) is 18.7 Å². The molecule has 1 N–H and O–H groups in total. The van der Waals surface area contributed by atoms with Gasteiger partial charge in [-0.3, -0.25) is 0 Å². The molecule has 0 aliphatic carbocycles. The summed E-state index contributed by atoms with van der Waals surface area (Å²) in [6.45, 7) is 1.13. The van der Waals surface area contributed by atoms with E-state index in [1.165, 1.54) is 12.2 Å². The van der Waals surface area contributed by atoms with E-state index in [9.17, 15) is 0 Å². The lowest BCUT2D eigenvalue weighted by atomic mass is 10.1. The molecule has 16 heavy (non-hydrogen) atoms. The molecular weight excluding hydrogens is 200 g/mol. The Morgan fingerprint density at radius 2 is 2.19 bits per heavy atom. The minimum Gasteiger partial charge on any atom is -0.338 e. The summed E-state index contributed by atoms with van der Waals surface area (Å²) in [5, 5.41) is 3.38. The monoisotopic (exact) mass is 224 g/mol. The van der Waals surface area contributed by atoms with Gasteiger partial charge in [-0.2, -0.15) is 0 Å². The van der Waals surface area contributed by atoms with Gasteiger partial charge in [0.1, 0.15) is 5.82 Å². The van der Waals surface area contributed by atoms with E-state index in [0.717, 1.165) is 19.4 Å².